The summed E-state index contributed by atoms with van der Waals surface area (Å²) in [5, 5.41) is 19.7. The first-order valence-electron chi connectivity index (χ1n) is 19.0. The van der Waals surface area contributed by atoms with Crippen LogP contribution in [0, 0.1) is 0 Å². The molecule has 2 N–H and O–H groups in total. The minimum atomic E-state index is -1.08. The fraction of sp³-hybridized carbons (Fsp3) is 0.947. The lowest BCUT2D eigenvalue weighted by molar-refractivity contribution is -0.141. The molecule has 0 heterocycles. The number of alkyl halides is 2. The second-order valence-corrected chi connectivity index (χ2v) is 13.0. The van der Waals surface area contributed by atoms with Crippen molar-refractivity contribution in [2.45, 2.75) is 218 Å². The van der Waals surface area contributed by atoms with Crippen LogP contribution in [0.15, 0.2) is 0 Å². The highest BCUT2D eigenvalue weighted by Gasteiger charge is 2.18. The van der Waals surface area contributed by atoms with Gasteiger partial charge in [-0.15, -0.1) is 0 Å². The standard InChI is InChI=1S/2C19H37FO3/c1-3-4-5-6-9-12-15-18(21)17(20)14-11-8-7-10-13-16-19(22)23-2;1-3-4-5-6-8-11-14-17(20)18(21)15-12-9-7-10-13-16-19(22)23-2/h2*17-18,21H,3-16H2,1-2H3/t2*17-,18-/m00/s1. The maximum absolute atomic E-state index is 13.8. The zero-order chi connectivity index (χ0) is 34.7. The fourth-order valence-electron chi connectivity index (χ4n) is 5.50. The molecule has 8 heteroatoms. The number of hydrogen-bond donors (Lipinski definition) is 2. The van der Waals surface area contributed by atoms with Crippen molar-refractivity contribution in [3.63, 3.8) is 0 Å². The van der Waals surface area contributed by atoms with Crippen molar-refractivity contribution < 1.29 is 38.1 Å². The summed E-state index contributed by atoms with van der Waals surface area (Å²) in [4.78, 5) is 21.9. The molecule has 0 fully saturated rings. The Balaban J connectivity index is 0. The van der Waals surface area contributed by atoms with Gasteiger partial charge in [-0.25, -0.2) is 8.78 Å². The summed E-state index contributed by atoms with van der Waals surface area (Å²) in [6.07, 6.45) is 22.5. The van der Waals surface area contributed by atoms with Crippen molar-refractivity contribution in [2.24, 2.45) is 0 Å². The fourth-order valence-corrected chi connectivity index (χ4v) is 5.50. The molecule has 0 unspecified atom stereocenters. The normalized spacial score (nSPS) is 13.7. The third kappa shape index (κ3) is 34.1. The van der Waals surface area contributed by atoms with Gasteiger partial charge in [0.15, 0.2) is 0 Å². The zero-order valence-corrected chi connectivity index (χ0v) is 30.4. The van der Waals surface area contributed by atoms with E-state index < -0.39 is 24.6 Å². The maximum atomic E-state index is 13.8. The number of unbranched alkanes of at least 4 members (excludes halogenated alkanes) is 18. The molecule has 0 saturated carbocycles. The van der Waals surface area contributed by atoms with Gasteiger partial charge in [-0.2, -0.15) is 0 Å². The Morgan fingerprint density at radius 3 is 1.02 bits per heavy atom. The van der Waals surface area contributed by atoms with Crippen molar-refractivity contribution in [3.8, 4) is 0 Å². The Kier molecular flexibility index (Phi) is 37.2. The maximum Gasteiger partial charge on any atom is 0.305 e. The molecule has 0 aliphatic rings. The number of rotatable bonds is 32. The number of carbonyl (C=O) groups excluding carboxylic acids is 2. The van der Waals surface area contributed by atoms with Crippen LogP contribution < -0.4 is 0 Å². The van der Waals surface area contributed by atoms with Gasteiger partial charge < -0.3 is 19.7 Å². The van der Waals surface area contributed by atoms with Crippen molar-refractivity contribution >= 4 is 11.9 Å². The van der Waals surface area contributed by atoms with E-state index in [1.807, 2.05) is 0 Å². The average molecular weight is 665 g/mol. The van der Waals surface area contributed by atoms with Gasteiger partial charge in [0, 0.05) is 12.8 Å². The number of methoxy groups -OCH3 is 2. The average Bonchev–Trinajstić information content (AvgIpc) is 3.06. The molecule has 0 aromatic rings. The Morgan fingerprint density at radius 1 is 0.457 bits per heavy atom. The monoisotopic (exact) mass is 665 g/mol. The summed E-state index contributed by atoms with van der Waals surface area (Å²) in [6, 6.07) is 0. The van der Waals surface area contributed by atoms with Gasteiger partial charge in [-0.05, 0) is 38.5 Å². The molecule has 0 aromatic heterocycles. The highest BCUT2D eigenvalue weighted by Crippen LogP contribution is 2.19. The minimum Gasteiger partial charge on any atom is -0.469 e. The molecule has 0 spiro atoms. The van der Waals surface area contributed by atoms with Crippen LogP contribution in [-0.2, 0) is 19.1 Å². The van der Waals surface area contributed by atoms with Crippen LogP contribution in [0.25, 0.3) is 0 Å². The topological polar surface area (TPSA) is 93.1 Å². The van der Waals surface area contributed by atoms with Crippen LogP contribution in [0.2, 0.25) is 0 Å². The first kappa shape index (κ1) is 46.8. The number of ether oxygens (including phenoxy) is 2. The zero-order valence-electron chi connectivity index (χ0n) is 30.4. The second-order valence-electron chi connectivity index (χ2n) is 13.0. The predicted molar refractivity (Wildman–Crippen MR) is 186 cm³/mol. The molecular formula is C38H74F2O6. The van der Waals surface area contributed by atoms with Gasteiger partial charge in [0.05, 0.1) is 26.4 Å². The lowest BCUT2D eigenvalue weighted by atomic mass is 10.0. The van der Waals surface area contributed by atoms with Gasteiger partial charge in [-0.3, -0.25) is 9.59 Å². The van der Waals surface area contributed by atoms with E-state index in [2.05, 4.69) is 23.3 Å². The Hall–Kier alpha value is -1.28. The highest BCUT2D eigenvalue weighted by molar-refractivity contribution is 5.69. The molecule has 6 nitrogen and oxygen atoms in total. The van der Waals surface area contributed by atoms with E-state index in [-0.39, 0.29) is 11.9 Å². The van der Waals surface area contributed by atoms with Crippen LogP contribution in [0.3, 0.4) is 0 Å². The molecule has 4 atom stereocenters. The van der Waals surface area contributed by atoms with E-state index in [1.165, 1.54) is 65.6 Å². The van der Waals surface area contributed by atoms with Crippen molar-refractivity contribution in [1.82, 2.24) is 0 Å². The van der Waals surface area contributed by atoms with Gasteiger partial charge in [-0.1, -0.05) is 142 Å². The Morgan fingerprint density at radius 2 is 0.717 bits per heavy atom. The van der Waals surface area contributed by atoms with Crippen molar-refractivity contribution in [3.05, 3.63) is 0 Å². The van der Waals surface area contributed by atoms with E-state index in [4.69, 9.17) is 0 Å². The number of hydrogen-bond acceptors (Lipinski definition) is 6. The molecular weight excluding hydrogens is 590 g/mol. The van der Waals surface area contributed by atoms with Gasteiger partial charge in [0.2, 0.25) is 0 Å². The highest BCUT2D eigenvalue weighted by atomic mass is 19.1. The van der Waals surface area contributed by atoms with E-state index in [0.717, 1.165) is 89.9 Å². The van der Waals surface area contributed by atoms with Crippen molar-refractivity contribution in [1.29, 1.82) is 0 Å². The molecule has 0 radical (unpaired) electrons. The molecule has 0 aliphatic carbocycles. The second kappa shape index (κ2) is 36.6. The summed E-state index contributed by atoms with van der Waals surface area (Å²) in [7, 11) is 2.81. The summed E-state index contributed by atoms with van der Waals surface area (Å²) in [6.45, 7) is 4.38. The van der Waals surface area contributed by atoms with Crippen LogP contribution in [0.1, 0.15) is 194 Å². The SMILES string of the molecule is CCCCCCCC[C@H](F)[C@@H](O)CCCCCCCC(=O)OC.CCCCCCCC[C@H](O)[C@@H](F)CCCCCCCC(=O)OC. The van der Waals surface area contributed by atoms with Crippen molar-refractivity contribution in [2.75, 3.05) is 14.2 Å². The van der Waals surface area contributed by atoms with Crippen LogP contribution in [0.5, 0.6) is 0 Å². The molecule has 46 heavy (non-hydrogen) atoms. The van der Waals surface area contributed by atoms with E-state index >= 15 is 0 Å². The van der Waals surface area contributed by atoms with Gasteiger partial charge >= 0.3 is 11.9 Å². The van der Waals surface area contributed by atoms with Crippen LogP contribution in [0.4, 0.5) is 8.78 Å². The molecule has 0 rings (SSSR count). The Labute approximate surface area is 282 Å². The van der Waals surface area contributed by atoms with E-state index in [1.54, 1.807) is 0 Å². The molecule has 0 amide bonds. The van der Waals surface area contributed by atoms with Crippen LogP contribution in [-0.4, -0.2) is 60.9 Å². The minimum absolute atomic E-state index is 0.157. The smallest absolute Gasteiger partial charge is 0.305 e. The van der Waals surface area contributed by atoms with Crippen LogP contribution >= 0.6 is 0 Å². The predicted octanol–water partition coefficient (Wildman–Crippen LogP) is 10.7. The quantitative estimate of drug-likeness (QED) is 0.0549. The number of esters is 2. The third-order valence-corrected chi connectivity index (χ3v) is 8.72. The van der Waals surface area contributed by atoms with Gasteiger partial charge in [0.1, 0.15) is 12.3 Å². The first-order valence-corrected chi connectivity index (χ1v) is 19.0. The Bertz CT molecular complexity index is 597. The van der Waals surface area contributed by atoms with E-state index in [9.17, 15) is 28.6 Å². The number of halogens is 2. The first-order chi connectivity index (χ1) is 22.2. The molecule has 0 aliphatic heterocycles. The van der Waals surface area contributed by atoms with Gasteiger partial charge in [0.25, 0.3) is 0 Å². The number of aliphatic hydroxyl groups is 2. The molecule has 0 bridgehead atoms. The summed E-state index contributed by atoms with van der Waals surface area (Å²) in [5.41, 5.74) is 0. The molecule has 0 aromatic carbocycles. The summed E-state index contributed by atoms with van der Waals surface area (Å²) in [5.74, 6) is -0.318. The lowest BCUT2D eigenvalue weighted by Gasteiger charge is -2.15. The lowest BCUT2D eigenvalue weighted by Crippen LogP contribution is -2.21. The summed E-state index contributed by atoms with van der Waals surface area (Å²) < 4.78 is 36.8. The third-order valence-electron chi connectivity index (χ3n) is 8.72. The van der Waals surface area contributed by atoms with E-state index in [0.29, 0.717) is 38.5 Å². The largest absolute Gasteiger partial charge is 0.469 e. The number of aliphatic hydroxyl groups excluding tert-OH is 2. The molecule has 0 saturated heterocycles. The molecule has 276 valence electrons. The summed E-state index contributed by atoms with van der Waals surface area (Å²) >= 11 is 0. The number of carbonyl (C=O) groups is 2.